The number of rotatable bonds is 3. The molecule has 2 aliphatic rings. The van der Waals surface area contributed by atoms with Crippen LogP contribution < -0.4 is 10.2 Å². The van der Waals surface area contributed by atoms with Crippen LogP contribution in [0, 0.1) is 0 Å². The van der Waals surface area contributed by atoms with Gasteiger partial charge in [0.25, 0.3) is 5.91 Å². The van der Waals surface area contributed by atoms with Gasteiger partial charge in [-0.25, -0.2) is 4.99 Å². The van der Waals surface area contributed by atoms with Gasteiger partial charge in [0.05, 0.1) is 16.1 Å². The highest BCUT2D eigenvalue weighted by molar-refractivity contribution is 8.18. The topological polar surface area (TPSA) is 44.7 Å². The van der Waals surface area contributed by atoms with E-state index in [1.165, 1.54) is 28.6 Å². The highest BCUT2D eigenvalue weighted by Gasteiger charge is 2.33. The minimum absolute atomic E-state index is 0.0422. The van der Waals surface area contributed by atoms with E-state index in [1.807, 2.05) is 18.2 Å². The molecule has 0 aliphatic carbocycles. The van der Waals surface area contributed by atoms with Crippen LogP contribution in [0.1, 0.15) is 45.7 Å². The molecule has 2 heterocycles. The second-order valence-corrected chi connectivity index (χ2v) is 10.1. The zero-order valence-electron chi connectivity index (χ0n) is 18.4. The van der Waals surface area contributed by atoms with Gasteiger partial charge in [0, 0.05) is 22.3 Å². The summed E-state index contributed by atoms with van der Waals surface area (Å²) in [6.45, 7) is 11.1. The van der Waals surface area contributed by atoms with E-state index in [1.54, 1.807) is 12.1 Å². The lowest BCUT2D eigenvalue weighted by molar-refractivity contribution is -0.115. The summed E-state index contributed by atoms with van der Waals surface area (Å²) in [5, 5.41) is 4.07. The van der Waals surface area contributed by atoms with Gasteiger partial charge in [-0.2, -0.15) is 0 Å². The molecule has 1 amide bonds. The number of fused-ring (bicyclic) bond motifs is 1. The monoisotopic (exact) mass is 451 g/mol. The molecule has 0 aromatic heterocycles. The van der Waals surface area contributed by atoms with Crippen molar-refractivity contribution in [3.05, 3.63) is 69.6 Å². The van der Waals surface area contributed by atoms with Crippen LogP contribution in [0.15, 0.2) is 58.4 Å². The summed E-state index contributed by atoms with van der Waals surface area (Å²) < 4.78 is 0. The van der Waals surface area contributed by atoms with Crippen LogP contribution in [0.2, 0.25) is 5.02 Å². The molecule has 31 heavy (non-hydrogen) atoms. The first-order valence-corrected chi connectivity index (χ1v) is 11.5. The normalized spacial score (nSPS) is 20.3. The van der Waals surface area contributed by atoms with Crippen molar-refractivity contribution in [2.75, 3.05) is 4.90 Å². The number of thioether (sulfide) groups is 1. The number of aliphatic imine (C=N–C) groups is 1. The number of carbonyl (C=O) groups excluding carboxylic acids is 1. The maximum absolute atomic E-state index is 12.5. The fourth-order valence-electron chi connectivity index (χ4n) is 4.37. The van der Waals surface area contributed by atoms with Gasteiger partial charge in [-0.3, -0.25) is 4.79 Å². The zero-order chi connectivity index (χ0) is 22.3. The van der Waals surface area contributed by atoms with Crippen LogP contribution in [0.4, 0.5) is 11.4 Å². The highest BCUT2D eigenvalue weighted by Crippen LogP contribution is 2.41. The fraction of sp³-hybridized carbons (Fsp3) is 0.280. The molecule has 6 heteroatoms. The molecule has 1 N–H and O–H groups in total. The second kappa shape index (κ2) is 8.21. The van der Waals surface area contributed by atoms with Crippen LogP contribution in [0.25, 0.3) is 11.6 Å². The van der Waals surface area contributed by atoms with Crippen molar-refractivity contribution in [3.8, 4) is 0 Å². The summed E-state index contributed by atoms with van der Waals surface area (Å²) in [6, 6.07) is 14.0. The molecule has 0 spiro atoms. The maximum atomic E-state index is 12.5. The number of amides is 1. The van der Waals surface area contributed by atoms with E-state index in [0.717, 1.165) is 11.3 Å². The van der Waals surface area contributed by atoms with Gasteiger partial charge in [-0.15, -0.1) is 0 Å². The summed E-state index contributed by atoms with van der Waals surface area (Å²) in [5.74, 6) is -0.132. The van der Waals surface area contributed by atoms with Gasteiger partial charge >= 0.3 is 0 Å². The molecule has 0 radical (unpaired) electrons. The lowest BCUT2D eigenvalue weighted by Crippen LogP contribution is -2.49. The van der Waals surface area contributed by atoms with E-state index in [0.29, 0.717) is 21.1 Å². The van der Waals surface area contributed by atoms with Crippen LogP contribution in [0.3, 0.4) is 0 Å². The van der Waals surface area contributed by atoms with Gasteiger partial charge in [-0.05, 0) is 100.0 Å². The first-order valence-electron chi connectivity index (χ1n) is 10.3. The molecule has 1 saturated heterocycles. The zero-order valence-corrected chi connectivity index (χ0v) is 19.9. The van der Waals surface area contributed by atoms with Crippen LogP contribution in [-0.2, 0) is 4.79 Å². The van der Waals surface area contributed by atoms with Crippen molar-refractivity contribution >= 4 is 57.5 Å². The second-order valence-electron chi connectivity index (χ2n) is 8.68. The standard InChI is InChI=1S/C25H26ClN3OS/c1-15(2)29-21-11-6-17(12-20(21)16(3)14-25(29,4)5)13-22-23(30)28-24(31-22)27-19-9-7-18(26)8-10-19/h6-15H,1-5H3,(H,27,28,30)/b22-13-. The Balaban J connectivity index is 1.63. The molecule has 0 unspecified atom stereocenters. The first-order chi connectivity index (χ1) is 14.6. The Bertz CT molecular complexity index is 1130. The molecular formula is C25H26ClN3OS. The molecule has 2 aromatic rings. The number of hydrogen-bond donors (Lipinski definition) is 1. The fourth-order valence-corrected chi connectivity index (χ4v) is 5.33. The third-order valence-electron chi connectivity index (χ3n) is 5.42. The average molecular weight is 452 g/mol. The van der Waals surface area contributed by atoms with Crippen LogP contribution in [0.5, 0.6) is 0 Å². The summed E-state index contributed by atoms with van der Waals surface area (Å²) >= 11 is 7.28. The smallest absolute Gasteiger partial charge is 0.264 e. The van der Waals surface area contributed by atoms with Crippen molar-refractivity contribution < 1.29 is 4.79 Å². The van der Waals surface area contributed by atoms with Crippen LogP contribution in [-0.4, -0.2) is 22.7 Å². The number of anilines is 1. The molecular weight excluding hydrogens is 426 g/mol. The third kappa shape index (κ3) is 4.43. The Kier molecular flexibility index (Phi) is 5.75. The number of allylic oxidation sites excluding steroid dienone is 1. The van der Waals surface area contributed by atoms with Crippen LogP contribution >= 0.6 is 23.4 Å². The Morgan fingerprint density at radius 2 is 1.87 bits per heavy atom. The minimum Gasteiger partial charge on any atom is -0.360 e. The summed E-state index contributed by atoms with van der Waals surface area (Å²) in [4.78, 5) is 20.1. The Hall–Kier alpha value is -2.50. The predicted octanol–water partition coefficient (Wildman–Crippen LogP) is 6.64. The molecule has 2 aromatic carbocycles. The lowest BCUT2D eigenvalue weighted by atomic mass is 9.87. The molecule has 4 nitrogen and oxygen atoms in total. The number of halogens is 1. The molecule has 1 fully saturated rings. The first kappa shape index (κ1) is 21.7. The van der Waals surface area contributed by atoms with E-state index in [-0.39, 0.29) is 11.4 Å². The van der Waals surface area contributed by atoms with Gasteiger partial charge in [0.2, 0.25) is 0 Å². The van der Waals surface area contributed by atoms with E-state index in [9.17, 15) is 4.79 Å². The van der Waals surface area contributed by atoms with Crippen molar-refractivity contribution in [1.29, 1.82) is 0 Å². The number of benzene rings is 2. The van der Waals surface area contributed by atoms with Crippen molar-refractivity contribution in [3.63, 3.8) is 0 Å². The number of nitrogens with one attached hydrogen (secondary N) is 1. The number of hydrogen-bond acceptors (Lipinski definition) is 4. The van der Waals surface area contributed by atoms with Crippen molar-refractivity contribution in [2.45, 2.75) is 46.2 Å². The number of nitrogens with zero attached hydrogens (tertiary/aromatic N) is 2. The summed E-state index contributed by atoms with van der Waals surface area (Å²) in [5.41, 5.74) is 5.40. The van der Waals surface area contributed by atoms with Crippen molar-refractivity contribution in [1.82, 2.24) is 5.32 Å². The molecule has 4 rings (SSSR count). The number of carbonyl (C=O) groups is 1. The predicted molar refractivity (Wildman–Crippen MR) is 134 cm³/mol. The number of amidine groups is 1. The Labute approximate surface area is 193 Å². The summed E-state index contributed by atoms with van der Waals surface area (Å²) in [6.07, 6.45) is 4.25. The average Bonchev–Trinajstić information content (AvgIpc) is 3.02. The van der Waals surface area contributed by atoms with Crippen molar-refractivity contribution in [2.24, 2.45) is 4.99 Å². The highest BCUT2D eigenvalue weighted by atomic mass is 35.5. The third-order valence-corrected chi connectivity index (χ3v) is 6.58. The SMILES string of the molecule is CC1=CC(C)(C)N(C(C)C)c2ccc(/C=C3\SC(=Nc4ccc(Cl)cc4)NC3=O)cc21. The van der Waals surface area contributed by atoms with Gasteiger partial charge < -0.3 is 10.2 Å². The largest absolute Gasteiger partial charge is 0.360 e. The van der Waals surface area contributed by atoms with E-state index in [4.69, 9.17) is 11.6 Å². The molecule has 0 bridgehead atoms. The molecule has 0 saturated carbocycles. The maximum Gasteiger partial charge on any atom is 0.264 e. The van der Waals surface area contributed by atoms with E-state index in [2.05, 4.69) is 74.1 Å². The summed E-state index contributed by atoms with van der Waals surface area (Å²) in [7, 11) is 0. The quantitative estimate of drug-likeness (QED) is 0.532. The Morgan fingerprint density at radius 3 is 2.55 bits per heavy atom. The minimum atomic E-state index is -0.132. The van der Waals surface area contributed by atoms with E-state index < -0.39 is 0 Å². The molecule has 2 aliphatic heterocycles. The molecule has 160 valence electrons. The van der Waals surface area contributed by atoms with Gasteiger partial charge in [-0.1, -0.05) is 23.7 Å². The van der Waals surface area contributed by atoms with E-state index >= 15 is 0 Å². The lowest BCUT2D eigenvalue weighted by Gasteiger charge is -2.46. The Morgan fingerprint density at radius 1 is 1.16 bits per heavy atom. The van der Waals surface area contributed by atoms with Gasteiger partial charge in [0.15, 0.2) is 5.17 Å². The van der Waals surface area contributed by atoms with Gasteiger partial charge in [0.1, 0.15) is 0 Å². The molecule has 0 atom stereocenters.